The number of nitrogens with zero attached hydrogens (tertiary/aromatic N) is 2. The van der Waals surface area contributed by atoms with Crippen molar-refractivity contribution in [3.8, 4) is 16.9 Å². The van der Waals surface area contributed by atoms with Gasteiger partial charge in [-0.3, -0.25) is 0 Å². The summed E-state index contributed by atoms with van der Waals surface area (Å²) in [5.41, 5.74) is 13.9. The molecule has 0 saturated carbocycles. The van der Waals surface area contributed by atoms with Crippen LogP contribution in [0.3, 0.4) is 0 Å². The first-order chi connectivity index (χ1) is 12.8. The minimum absolute atomic E-state index is 0.331. The minimum atomic E-state index is -1.29. The maximum atomic E-state index is 10.6. The maximum absolute atomic E-state index is 10.6. The summed E-state index contributed by atoms with van der Waals surface area (Å²) in [5, 5.41) is 19.6. The van der Waals surface area contributed by atoms with Crippen molar-refractivity contribution in [3.05, 3.63) is 59.0 Å². The van der Waals surface area contributed by atoms with E-state index in [4.69, 9.17) is 28.2 Å². The number of carboxylic acids is 1. The lowest BCUT2D eigenvalue weighted by Gasteiger charge is -2.07. The summed E-state index contributed by atoms with van der Waals surface area (Å²) >= 11 is 5.86. The summed E-state index contributed by atoms with van der Waals surface area (Å²) in [6, 6.07) is 10.0. The molecule has 0 atom stereocenters. The third kappa shape index (κ3) is 5.05. The Hall–Kier alpha value is -3.39. The van der Waals surface area contributed by atoms with Gasteiger partial charge < -0.3 is 21.7 Å². The lowest BCUT2D eigenvalue weighted by molar-refractivity contribution is -0.346. The molecule has 27 heavy (non-hydrogen) atoms. The van der Waals surface area contributed by atoms with Crippen molar-refractivity contribution in [3.63, 3.8) is 0 Å². The van der Waals surface area contributed by atoms with Gasteiger partial charge in [-0.25, -0.2) is 14.8 Å². The van der Waals surface area contributed by atoms with Crippen molar-refractivity contribution in [2.75, 3.05) is 11.5 Å². The topological polar surface area (TPSA) is 152 Å². The van der Waals surface area contributed by atoms with E-state index in [9.17, 15) is 9.90 Å². The Morgan fingerprint density at radius 3 is 2.44 bits per heavy atom. The summed E-state index contributed by atoms with van der Waals surface area (Å²) < 4.78 is 0. The second kappa shape index (κ2) is 8.81. The zero-order chi connectivity index (χ0) is 20.0. The van der Waals surface area contributed by atoms with Gasteiger partial charge >= 0.3 is 11.9 Å². The second-order valence-corrected chi connectivity index (χ2v) is 5.81. The van der Waals surface area contributed by atoms with Crippen molar-refractivity contribution >= 4 is 29.3 Å². The van der Waals surface area contributed by atoms with E-state index >= 15 is 0 Å². The van der Waals surface area contributed by atoms with Crippen LogP contribution >= 0.6 is 11.6 Å². The van der Waals surface area contributed by atoms with Gasteiger partial charge in [0.05, 0.1) is 5.56 Å². The molecular weight excluding hydrogens is 370 g/mol. The quantitative estimate of drug-likeness (QED) is 0.619. The van der Waals surface area contributed by atoms with E-state index in [1.165, 1.54) is 12.3 Å². The molecule has 2 heterocycles. The summed E-state index contributed by atoms with van der Waals surface area (Å²) in [7, 11) is 0. The fraction of sp³-hybridized carbons (Fsp3) is 0.111. The van der Waals surface area contributed by atoms with Gasteiger partial charge in [-0.1, -0.05) is 42.5 Å². The second-order valence-electron chi connectivity index (χ2n) is 5.37. The highest BCUT2D eigenvalue weighted by Crippen LogP contribution is 2.27. The summed E-state index contributed by atoms with van der Waals surface area (Å²) in [4.78, 5) is 20.6. The smallest absolute Gasteiger partial charge is 0.353 e. The number of nitrogens with two attached hydrogens (primary N) is 2. The molecule has 140 valence electrons. The van der Waals surface area contributed by atoms with Crippen molar-refractivity contribution in [2.45, 2.75) is 13.3 Å². The molecule has 9 heteroatoms. The number of pyridine rings is 1. The van der Waals surface area contributed by atoms with Crippen LogP contribution in [0.5, 0.6) is 5.75 Å². The molecule has 0 fully saturated rings. The molecule has 6 N–H and O–H groups in total. The molecule has 3 rings (SSSR count). The molecule has 0 radical (unpaired) electrons. The Kier molecular flexibility index (Phi) is 6.51. The Balaban J connectivity index is 0.000000223. The van der Waals surface area contributed by atoms with Crippen molar-refractivity contribution < 1.29 is 20.0 Å². The van der Waals surface area contributed by atoms with E-state index in [2.05, 4.69) is 15.0 Å². The molecule has 1 aromatic carbocycles. The number of H-pyrrole nitrogens is 1. The van der Waals surface area contributed by atoms with Crippen molar-refractivity contribution in [2.24, 2.45) is 0 Å². The van der Waals surface area contributed by atoms with E-state index in [1.807, 2.05) is 31.2 Å². The molecule has 0 spiro atoms. The molecule has 0 unspecified atom stereocenters. The number of hydrogen-bond acceptors (Lipinski definition) is 6. The number of rotatable bonds is 3. The highest BCUT2D eigenvalue weighted by molar-refractivity contribution is 6.30. The number of nitrogens with one attached hydrogen (secondary N) is 1. The predicted octanol–water partition coefficient (Wildman–Crippen LogP) is 1.80. The molecule has 0 aliphatic rings. The highest BCUT2D eigenvalue weighted by Gasteiger charge is 2.15. The molecule has 0 aliphatic heterocycles. The fourth-order valence-corrected chi connectivity index (χ4v) is 2.46. The third-order valence-electron chi connectivity index (χ3n) is 3.52. The van der Waals surface area contributed by atoms with Crippen LogP contribution in [0, 0.1) is 0 Å². The van der Waals surface area contributed by atoms with Gasteiger partial charge in [-0.2, -0.15) is 0 Å². The molecule has 0 bridgehead atoms. The molecule has 8 nitrogen and oxygen atoms in total. The standard InChI is InChI=1S/C12H13ClN4.C6H5NO3/c1-2-9-10(11(14)17-12(15)16-9)7-3-5-8(13)6-4-7;8-4-2-1-3-7-5(4)6(9)10/h3-6H,2H2,1H3,(H4,14,15,16,17);1-3,8H,(H,9,10). The molecular formula is C18H18ClN5O3. The average Bonchev–Trinajstić information content (AvgIpc) is 2.63. The largest absolute Gasteiger partial charge is 0.871 e. The zero-order valence-electron chi connectivity index (χ0n) is 14.4. The normalized spacial score (nSPS) is 10.0. The van der Waals surface area contributed by atoms with Crippen molar-refractivity contribution in [1.82, 2.24) is 9.97 Å². The number of anilines is 2. The Labute approximate surface area is 160 Å². The summed E-state index contributed by atoms with van der Waals surface area (Å²) in [6.45, 7) is 2.01. The number of carboxylic acid groups (broad SMARTS) is 1. The number of halogens is 1. The lowest BCUT2D eigenvalue weighted by atomic mass is 10.0. The van der Waals surface area contributed by atoms with Crippen LogP contribution in [0.1, 0.15) is 23.1 Å². The van der Waals surface area contributed by atoms with E-state index in [1.54, 1.807) is 0 Å². The van der Waals surface area contributed by atoms with Crippen LogP contribution in [-0.2, 0) is 6.42 Å². The van der Waals surface area contributed by atoms with Crippen LogP contribution in [0.25, 0.3) is 11.1 Å². The SMILES string of the molecule is CCc1nc(N)[nH+]c(N)c1-c1ccc(Cl)cc1.O=C(O)c1ncccc1[O-]. The minimum Gasteiger partial charge on any atom is -0.871 e. The predicted molar refractivity (Wildman–Crippen MR) is 100 cm³/mol. The van der Waals surface area contributed by atoms with E-state index < -0.39 is 17.4 Å². The molecule has 2 aromatic heterocycles. The van der Waals surface area contributed by atoms with Crippen LogP contribution in [-0.4, -0.2) is 21.0 Å². The molecule has 0 amide bonds. The summed E-state index contributed by atoms with van der Waals surface area (Å²) in [6.07, 6.45) is 2.03. The fourth-order valence-electron chi connectivity index (χ4n) is 2.33. The Bertz CT molecular complexity index is 948. The number of aromatic amines is 1. The Morgan fingerprint density at radius 1 is 1.26 bits per heavy atom. The lowest BCUT2D eigenvalue weighted by Crippen LogP contribution is -2.20. The number of nitrogen functional groups attached to an aromatic ring is 2. The van der Waals surface area contributed by atoms with Crippen molar-refractivity contribution in [1.29, 1.82) is 0 Å². The number of aromatic nitrogens is 3. The molecule has 0 aliphatic carbocycles. The van der Waals surface area contributed by atoms with Gasteiger partial charge in [0.25, 0.3) is 0 Å². The van der Waals surface area contributed by atoms with Gasteiger partial charge in [-0.15, -0.1) is 4.98 Å². The number of aromatic carboxylic acids is 1. The van der Waals surface area contributed by atoms with E-state index in [0.717, 1.165) is 29.3 Å². The number of hydrogen-bond donors (Lipinski definition) is 3. The molecule has 0 saturated heterocycles. The van der Waals surface area contributed by atoms with E-state index in [0.29, 0.717) is 16.8 Å². The van der Waals surface area contributed by atoms with Gasteiger partial charge in [0, 0.05) is 11.2 Å². The first kappa shape index (κ1) is 19.9. The molecule has 3 aromatic rings. The zero-order valence-corrected chi connectivity index (χ0v) is 15.2. The number of aryl methyl sites for hydroxylation is 1. The number of benzene rings is 1. The maximum Gasteiger partial charge on any atom is 0.353 e. The highest BCUT2D eigenvalue weighted by atomic mass is 35.5. The van der Waals surface area contributed by atoms with Gasteiger partial charge in [0.1, 0.15) is 11.4 Å². The van der Waals surface area contributed by atoms with Gasteiger partial charge in [-0.05, 0) is 30.2 Å². The first-order valence-corrected chi connectivity index (χ1v) is 8.29. The summed E-state index contributed by atoms with van der Waals surface area (Å²) in [5.74, 6) is -0.991. The van der Waals surface area contributed by atoms with E-state index in [-0.39, 0.29) is 0 Å². The van der Waals surface area contributed by atoms with Crippen LogP contribution in [0.2, 0.25) is 5.02 Å². The van der Waals surface area contributed by atoms with Crippen LogP contribution < -0.4 is 21.6 Å². The van der Waals surface area contributed by atoms with Crippen LogP contribution in [0.4, 0.5) is 11.8 Å². The number of carbonyl (C=O) groups is 1. The van der Waals surface area contributed by atoms with Crippen LogP contribution in [0.15, 0.2) is 42.6 Å². The monoisotopic (exact) mass is 387 g/mol. The Morgan fingerprint density at radius 2 is 1.93 bits per heavy atom. The average molecular weight is 388 g/mol. The third-order valence-corrected chi connectivity index (χ3v) is 3.77. The van der Waals surface area contributed by atoms with Gasteiger partial charge in [0.15, 0.2) is 0 Å². The van der Waals surface area contributed by atoms with Gasteiger partial charge in [0.2, 0.25) is 5.82 Å². The first-order valence-electron chi connectivity index (χ1n) is 7.91.